The van der Waals surface area contributed by atoms with E-state index in [1.165, 1.54) is 19.3 Å². The van der Waals surface area contributed by atoms with Crippen LogP contribution in [0.5, 0.6) is 0 Å². The van der Waals surface area contributed by atoms with Crippen LogP contribution in [-0.2, 0) is 6.42 Å². The van der Waals surface area contributed by atoms with Crippen LogP contribution in [0.1, 0.15) is 44.9 Å². The van der Waals surface area contributed by atoms with Gasteiger partial charge < -0.3 is 4.90 Å². The smallest absolute Gasteiger partial charge is 0.229 e. The van der Waals surface area contributed by atoms with Gasteiger partial charge in [0.2, 0.25) is 11.2 Å². The molecule has 0 unspecified atom stereocenters. The van der Waals surface area contributed by atoms with E-state index in [9.17, 15) is 0 Å². The van der Waals surface area contributed by atoms with Gasteiger partial charge >= 0.3 is 0 Å². The summed E-state index contributed by atoms with van der Waals surface area (Å²) in [6, 6.07) is 0. The second-order valence-electron chi connectivity index (χ2n) is 4.47. The van der Waals surface area contributed by atoms with Crippen LogP contribution in [0.2, 0.25) is 5.28 Å². The number of aryl methyl sites for hydroxylation is 1. The van der Waals surface area contributed by atoms with Crippen LogP contribution in [-0.4, -0.2) is 28.0 Å². The van der Waals surface area contributed by atoms with Crippen LogP contribution < -0.4 is 4.90 Å². The van der Waals surface area contributed by atoms with Gasteiger partial charge in [-0.05, 0) is 37.3 Å². The summed E-state index contributed by atoms with van der Waals surface area (Å²) in [4.78, 5) is 15.1. The standard InChI is InChI=1S/C12H19ClN4/c1-2-3-7-10-14-11(13)16-12(15-10)17-8-5-4-6-9-17/h2-9H2,1H3. The molecule has 0 aliphatic carbocycles. The number of aromatic nitrogens is 3. The lowest BCUT2D eigenvalue weighted by molar-refractivity contribution is 0.565. The first-order chi connectivity index (χ1) is 8.29. The molecule has 2 heterocycles. The van der Waals surface area contributed by atoms with Crippen molar-refractivity contribution in [1.82, 2.24) is 15.0 Å². The normalized spacial score (nSPS) is 16.2. The third-order valence-electron chi connectivity index (χ3n) is 3.04. The van der Waals surface area contributed by atoms with E-state index in [0.717, 1.165) is 44.1 Å². The molecule has 17 heavy (non-hydrogen) atoms. The van der Waals surface area contributed by atoms with Gasteiger partial charge in [-0.2, -0.15) is 9.97 Å². The highest BCUT2D eigenvalue weighted by atomic mass is 35.5. The molecule has 4 nitrogen and oxygen atoms in total. The van der Waals surface area contributed by atoms with Crippen LogP contribution in [0.15, 0.2) is 0 Å². The van der Waals surface area contributed by atoms with Crippen LogP contribution >= 0.6 is 11.6 Å². The summed E-state index contributed by atoms with van der Waals surface area (Å²) in [6.45, 7) is 4.23. The van der Waals surface area contributed by atoms with E-state index >= 15 is 0 Å². The molecule has 1 saturated heterocycles. The molecule has 1 aromatic rings. The van der Waals surface area contributed by atoms with Crippen LogP contribution in [0.4, 0.5) is 5.95 Å². The van der Waals surface area contributed by atoms with Gasteiger partial charge in [-0.25, -0.2) is 4.98 Å². The zero-order valence-corrected chi connectivity index (χ0v) is 11.1. The molecular weight excluding hydrogens is 236 g/mol. The lowest BCUT2D eigenvalue weighted by Crippen LogP contribution is -2.31. The summed E-state index contributed by atoms with van der Waals surface area (Å²) < 4.78 is 0. The van der Waals surface area contributed by atoms with E-state index in [0.29, 0.717) is 5.28 Å². The number of hydrogen-bond acceptors (Lipinski definition) is 4. The second-order valence-corrected chi connectivity index (χ2v) is 4.81. The Hall–Kier alpha value is -0.900. The number of rotatable bonds is 4. The molecule has 0 spiro atoms. The van der Waals surface area contributed by atoms with E-state index < -0.39 is 0 Å². The summed E-state index contributed by atoms with van der Waals surface area (Å²) >= 11 is 5.96. The van der Waals surface area contributed by atoms with Gasteiger partial charge in [-0.1, -0.05) is 13.3 Å². The summed E-state index contributed by atoms with van der Waals surface area (Å²) in [5.41, 5.74) is 0. The molecule has 0 bridgehead atoms. The molecule has 0 atom stereocenters. The van der Waals surface area contributed by atoms with Crippen molar-refractivity contribution >= 4 is 17.5 Å². The Morgan fingerprint density at radius 3 is 2.59 bits per heavy atom. The van der Waals surface area contributed by atoms with E-state index in [1.807, 2.05) is 0 Å². The van der Waals surface area contributed by atoms with Gasteiger partial charge in [-0.3, -0.25) is 0 Å². The summed E-state index contributed by atoms with van der Waals surface area (Å²) in [7, 11) is 0. The van der Waals surface area contributed by atoms with E-state index in [1.54, 1.807) is 0 Å². The van der Waals surface area contributed by atoms with E-state index in [-0.39, 0.29) is 0 Å². The van der Waals surface area contributed by atoms with Gasteiger partial charge in [-0.15, -0.1) is 0 Å². The molecule has 1 aromatic heterocycles. The topological polar surface area (TPSA) is 41.9 Å². The first kappa shape index (κ1) is 12.6. The highest BCUT2D eigenvalue weighted by Crippen LogP contribution is 2.17. The Morgan fingerprint density at radius 1 is 1.12 bits per heavy atom. The molecule has 1 fully saturated rings. The maximum Gasteiger partial charge on any atom is 0.229 e. The van der Waals surface area contributed by atoms with E-state index in [2.05, 4.69) is 26.8 Å². The minimum Gasteiger partial charge on any atom is -0.341 e. The zero-order chi connectivity index (χ0) is 12.1. The molecule has 0 amide bonds. The van der Waals surface area contributed by atoms with Gasteiger partial charge in [0.15, 0.2) is 0 Å². The molecule has 0 N–H and O–H groups in total. The van der Waals surface area contributed by atoms with Crippen molar-refractivity contribution in [3.05, 3.63) is 11.1 Å². The monoisotopic (exact) mass is 254 g/mol. The van der Waals surface area contributed by atoms with Crippen molar-refractivity contribution in [1.29, 1.82) is 0 Å². The summed E-state index contributed by atoms with van der Waals surface area (Å²) in [5.74, 6) is 1.59. The van der Waals surface area contributed by atoms with Gasteiger partial charge in [0.25, 0.3) is 0 Å². The summed E-state index contributed by atoms with van der Waals surface area (Å²) in [6.07, 6.45) is 6.86. The van der Waals surface area contributed by atoms with Gasteiger partial charge in [0.05, 0.1) is 0 Å². The molecule has 1 aliphatic heterocycles. The fourth-order valence-electron chi connectivity index (χ4n) is 2.06. The van der Waals surface area contributed by atoms with Crippen LogP contribution in [0.25, 0.3) is 0 Å². The number of anilines is 1. The highest BCUT2D eigenvalue weighted by Gasteiger charge is 2.15. The number of nitrogens with zero attached hydrogens (tertiary/aromatic N) is 4. The minimum absolute atomic E-state index is 0.326. The SMILES string of the molecule is CCCCc1nc(Cl)nc(N2CCCCC2)n1. The van der Waals surface area contributed by atoms with Gasteiger partial charge in [0.1, 0.15) is 5.82 Å². The lowest BCUT2D eigenvalue weighted by Gasteiger charge is -2.26. The van der Waals surface area contributed by atoms with Crippen molar-refractivity contribution in [3.63, 3.8) is 0 Å². The van der Waals surface area contributed by atoms with Crippen LogP contribution in [0.3, 0.4) is 0 Å². The maximum absolute atomic E-state index is 5.96. The molecule has 2 rings (SSSR count). The largest absolute Gasteiger partial charge is 0.341 e. The molecule has 5 heteroatoms. The van der Waals surface area contributed by atoms with E-state index in [4.69, 9.17) is 11.6 Å². The molecular formula is C12H19ClN4. The zero-order valence-electron chi connectivity index (χ0n) is 10.3. The molecule has 0 radical (unpaired) electrons. The minimum atomic E-state index is 0.326. The maximum atomic E-state index is 5.96. The summed E-state index contributed by atoms with van der Waals surface area (Å²) in [5, 5.41) is 0.326. The average molecular weight is 255 g/mol. The highest BCUT2D eigenvalue weighted by molar-refractivity contribution is 6.28. The van der Waals surface area contributed by atoms with Gasteiger partial charge in [0, 0.05) is 19.5 Å². The van der Waals surface area contributed by atoms with Crippen molar-refractivity contribution < 1.29 is 0 Å². The molecule has 0 aromatic carbocycles. The number of piperidine rings is 1. The second kappa shape index (κ2) is 6.15. The number of hydrogen-bond donors (Lipinski definition) is 0. The van der Waals surface area contributed by atoms with Crippen molar-refractivity contribution in [3.8, 4) is 0 Å². The third-order valence-corrected chi connectivity index (χ3v) is 3.20. The number of halogens is 1. The Labute approximate surface area is 107 Å². The first-order valence-electron chi connectivity index (χ1n) is 6.45. The fraction of sp³-hybridized carbons (Fsp3) is 0.750. The average Bonchev–Trinajstić information content (AvgIpc) is 2.37. The Balaban J connectivity index is 2.12. The van der Waals surface area contributed by atoms with Crippen molar-refractivity contribution in [2.24, 2.45) is 0 Å². The fourth-order valence-corrected chi connectivity index (χ4v) is 2.23. The predicted octanol–water partition coefficient (Wildman–Crippen LogP) is 2.86. The Bertz CT molecular complexity index is 364. The third kappa shape index (κ3) is 3.53. The molecule has 0 saturated carbocycles. The first-order valence-corrected chi connectivity index (χ1v) is 6.83. The predicted molar refractivity (Wildman–Crippen MR) is 69.5 cm³/mol. The molecule has 94 valence electrons. The molecule has 1 aliphatic rings. The van der Waals surface area contributed by atoms with Crippen molar-refractivity contribution in [2.75, 3.05) is 18.0 Å². The van der Waals surface area contributed by atoms with Crippen molar-refractivity contribution in [2.45, 2.75) is 45.4 Å². The Kier molecular flexibility index (Phi) is 4.54. The number of unbranched alkanes of at least 4 members (excludes halogenated alkanes) is 1. The van der Waals surface area contributed by atoms with Crippen LogP contribution in [0, 0.1) is 0 Å². The lowest BCUT2D eigenvalue weighted by atomic mass is 10.1. The Morgan fingerprint density at radius 2 is 1.88 bits per heavy atom. The quantitative estimate of drug-likeness (QED) is 0.829.